The third-order valence-electron chi connectivity index (χ3n) is 6.78. The first-order valence-electron chi connectivity index (χ1n) is 12.2. The van der Waals surface area contributed by atoms with Gasteiger partial charge in [0, 0.05) is 36.3 Å². The fourth-order valence-electron chi connectivity index (χ4n) is 4.66. The molecule has 0 aliphatic carbocycles. The van der Waals surface area contributed by atoms with Gasteiger partial charge in [-0.3, -0.25) is 10.2 Å². The van der Waals surface area contributed by atoms with Gasteiger partial charge in [0.15, 0.2) is 0 Å². The van der Waals surface area contributed by atoms with E-state index in [0.29, 0.717) is 16.6 Å². The molecule has 1 heterocycles. The summed E-state index contributed by atoms with van der Waals surface area (Å²) in [4.78, 5) is 23.7. The second-order valence-corrected chi connectivity index (χ2v) is 13.4. The number of aromatic nitrogens is 2. The molecule has 0 saturated carbocycles. The van der Waals surface area contributed by atoms with Crippen LogP contribution in [0.1, 0.15) is 25.0 Å². The van der Waals surface area contributed by atoms with E-state index in [1.165, 1.54) is 51.1 Å². The number of nitrogens with two attached hydrogens (primary N) is 1. The molecule has 4 aromatic rings. The summed E-state index contributed by atoms with van der Waals surface area (Å²) in [5, 5.41) is 26.9. The van der Waals surface area contributed by atoms with Gasteiger partial charge in [-0.05, 0) is 55.8 Å². The Morgan fingerprint density at radius 1 is 0.952 bits per heavy atom. The molecule has 8 N–H and O–H groups in total. The van der Waals surface area contributed by atoms with Crippen molar-refractivity contribution >= 4 is 42.8 Å². The lowest BCUT2D eigenvalue weighted by Crippen LogP contribution is -2.39. The molecule has 0 saturated heterocycles. The highest BCUT2D eigenvalue weighted by Gasteiger charge is 2.36. The molecule has 222 valence electrons. The second-order valence-electron chi connectivity index (χ2n) is 10.1. The number of likely N-dealkylation sites (N-methyl/N-ethyl adjacent to an activating group) is 1. The zero-order valence-electron chi connectivity index (χ0n) is 22.9. The lowest BCUT2D eigenvalue weighted by atomic mass is 9.81. The SMILES string of the molecule is CN(C)C(=O)C(C)(C)c1cc(-c2nc3cc(C(=N)N)ccc3[nH]2)c(S(=O)(=O)NO)c(-c2ccccc2S(=O)(=O)NO)c1. The number of nitrogens with zero attached hydrogens (tertiary/aromatic N) is 2. The number of carbonyl (C=O) groups excluding carboxylic acids is 1. The summed E-state index contributed by atoms with van der Waals surface area (Å²) in [6, 6.07) is 12.8. The largest absolute Gasteiger partial charge is 0.384 e. The van der Waals surface area contributed by atoms with Crippen molar-refractivity contribution < 1.29 is 32.0 Å². The van der Waals surface area contributed by atoms with E-state index in [1.54, 1.807) is 40.1 Å². The molecule has 4 rings (SSSR count). The third-order valence-corrected chi connectivity index (χ3v) is 9.17. The minimum absolute atomic E-state index is 0.00338. The molecule has 0 bridgehead atoms. The monoisotopic (exact) mass is 615 g/mol. The number of carbonyl (C=O) groups is 1. The number of amides is 1. The Kier molecular flexibility index (Phi) is 7.98. The summed E-state index contributed by atoms with van der Waals surface area (Å²) in [6.45, 7) is 3.23. The predicted octanol–water partition coefficient (Wildman–Crippen LogP) is 1.88. The van der Waals surface area contributed by atoms with Gasteiger partial charge in [-0.2, -0.15) is 0 Å². The van der Waals surface area contributed by atoms with Crippen LogP contribution in [0.3, 0.4) is 0 Å². The van der Waals surface area contributed by atoms with Gasteiger partial charge in [0.2, 0.25) is 5.91 Å². The number of imidazole rings is 1. The number of benzene rings is 3. The van der Waals surface area contributed by atoms with E-state index in [-0.39, 0.29) is 39.8 Å². The van der Waals surface area contributed by atoms with Crippen LogP contribution in [0.5, 0.6) is 0 Å². The molecule has 0 atom stereocenters. The van der Waals surface area contributed by atoms with Crippen LogP contribution < -0.4 is 15.5 Å². The maximum absolute atomic E-state index is 13.4. The highest BCUT2D eigenvalue weighted by molar-refractivity contribution is 7.90. The predicted molar refractivity (Wildman–Crippen MR) is 154 cm³/mol. The van der Waals surface area contributed by atoms with Gasteiger partial charge in [-0.1, -0.05) is 28.0 Å². The van der Waals surface area contributed by atoms with Crippen LogP contribution in [0.4, 0.5) is 0 Å². The topological polar surface area (TPSA) is 232 Å². The number of fused-ring (bicyclic) bond motifs is 1. The minimum atomic E-state index is -4.76. The van der Waals surface area contributed by atoms with Crippen molar-refractivity contribution in [3.63, 3.8) is 0 Å². The highest BCUT2D eigenvalue weighted by atomic mass is 32.2. The van der Waals surface area contributed by atoms with Crippen LogP contribution in [0, 0.1) is 5.41 Å². The van der Waals surface area contributed by atoms with Gasteiger partial charge in [-0.25, -0.2) is 21.8 Å². The Morgan fingerprint density at radius 2 is 1.57 bits per heavy atom. The molecule has 0 spiro atoms. The van der Waals surface area contributed by atoms with E-state index in [9.17, 15) is 32.0 Å². The summed E-state index contributed by atoms with van der Waals surface area (Å²) in [6.07, 6.45) is 0. The van der Waals surface area contributed by atoms with Crippen LogP contribution in [0.15, 0.2) is 64.4 Å². The molecule has 1 aromatic heterocycles. The van der Waals surface area contributed by atoms with Crippen LogP contribution in [0.2, 0.25) is 0 Å². The zero-order valence-corrected chi connectivity index (χ0v) is 24.6. The van der Waals surface area contributed by atoms with Crippen LogP contribution in [-0.4, -0.2) is 68.0 Å². The van der Waals surface area contributed by atoms with Crippen LogP contribution in [0.25, 0.3) is 33.5 Å². The van der Waals surface area contributed by atoms with E-state index < -0.39 is 35.3 Å². The van der Waals surface area contributed by atoms with E-state index >= 15 is 0 Å². The third kappa shape index (κ3) is 5.38. The van der Waals surface area contributed by atoms with Crippen molar-refractivity contribution in [2.24, 2.45) is 5.73 Å². The molecule has 0 fully saturated rings. The van der Waals surface area contributed by atoms with E-state index in [0.717, 1.165) is 6.07 Å². The fraction of sp³-hybridized carbons (Fsp3) is 0.192. The minimum Gasteiger partial charge on any atom is -0.384 e. The molecular formula is C26H29N7O7S2. The number of rotatable bonds is 9. The van der Waals surface area contributed by atoms with Crippen molar-refractivity contribution in [3.8, 4) is 22.5 Å². The number of sulfonamides is 2. The van der Waals surface area contributed by atoms with E-state index in [2.05, 4.69) is 9.97 Å². The number of hydrogen-bond acceptors (Lipinski definition) is 9. The number of amidine groups is 1. The molecule has 0 aliphatic heterocycles. The summed E-state index contributed by atoms with van der Waals surface area (Å²) < 4.78 is 52.5. The van der Waals surface area contributed by atoms with Gasteiger partial charge in [0.1, 0.15) is 16.6 Å². The number of hydrogen-bond donors (Lipinski definition) is 7. The number of H-pyrrole nitrogens is 1. The Hall–Kier alpha value is -4.19. The van der Waals surface area contributed by atoms with Gasteiger partial charge < -0.3 is 26.0 Å². The zero-order chi connectivity index (χ0) is 31.2. The van der Waals surface area contributed by atoms with Crippen molar-refractivity contribution in [1.82, 2.24) is 24.6 Å². The van der Waals surface area contributed by atoms with Crippen LogP contribution >= 0.6 is 0 Å². The number of nitrogen functional groups attached to an aromatic ring is 1. The average Bonchev–Trinajstić information content (AvgIpc) is 3.39. The molecule has 14 nitrogen and oxygen atoms in total. The maximum Gasteiger partial charge on any atom is 0.263 e. The van der Waals surface area contributed by atoms with Crippen LogP contribution in [-0.2, 0) is 30.3 Å². The van der Waals surface area contributed by atoms with Crippen molar-refractivity contribution in [2.45, 2.75) is 29.1 Å². The van der Waals surface area contributed by atoms with Gasteiger partial charge in [0.25, 0.3) is 20.0 Å². The van der Waals surface area contributed by atoms with Gasteiger partial charge >= 0.3 is 0 Å². The Balaban J connectivity index is 2.22. The second kappa shape index (κ2) is 10.9. The first-order valence-corrected chi connectivity index (χ1v) is 15.2. The lowest BCUT2D eigenvalue weighted by molar-refractivity contribution is -0.133. The first-order chi connectivity index (χ1) is 19.5. The van der Waals surface area contributed by atoms with Crippen molar-refractivity contribution in [3.05, 3.63) is 65.7 Å². The molecular weight excluding hydrogens is 586 g/mol. The summed E-state index contributed by atoms with van der Waals surface area (Å²) >= 11 is 0. The molecule has 0 radical (unpaired) electrons. The number of nitrogens with one attached hydrogen (secondary N) is 4. The smallest absolute Gasteiger partial charge is 0.263 e. The quantitative estimate of drug-likeness (QED) is 0.0826. The Morgan fingerprint density at radius 3 is 2.17 bits per heavy atom. The highest BCUT2D eigenvalue weighted by Crippen LogP contribution is 2.42. The molecule has 0 aliphatic rings. The lowest BCUT2D eigenvalue weighted by Gasteiger charge is -2.29. The standard InChI is InChI=1S/C26H29N7O7S2/c1-26(2,25(34)33(3)4)15-12-17(16-7-5-6-8-21(16)41(37,38)31-35)22(42(39,40)32-36)18(13-15)24-29-19-10-9-14(23(27)28)11-20(19)30-24/h5-13,31-32,35-36H,1-4H3,(H3,27,28)(H,29,30). The van der Waals surface area contributed by atoms with E-state index in [4.69, 9.17) is 11.1 Å². The van der Waals surface area contributed by atoms with Gasteiger partial charge in [-0.15, -0.1) is 0 Å². The Labute approximate surface area is 241 Å². The average molecular weight is 616 g/mol. The number of aromatic amines is 1. The summed E-state index contributed by atoms with van der Waals surface area (Å²) in [5.74, 6) is -0.557. The maximum atomic E-state index is 13.4. The Bertz CT molecular complexity index is 1950. The summed E-state index contributed by atoms with van der Waals surface area (Å²) in [7, 11) is -6.19. The van der Waals surface area contributed by atoms with Crippen molar-refractivity contribution in [2.75, 3.05) is 14.1 Å². The van der Waals surface area contributed by atoms with Crippen molar-refractivity contribution in [1.29, 1.82) is 5.41 Å². The molecule has 42 heavy (non-hydrogen) atoms. The molecule has 3 aromatic carbocycles. The molecule has 16 heteroatoms. The normalized spacial score (nSPS) is 12.4. The first kappa shape index (κ1) is 30.8. The summed E-state index contributed by atoms with van der Waals surface area (Å²) in [5.41, 5.74) is 5.33. The van der Waals surface area contributed by atoms with Gasteiger partial charge in [0.05, 0.1) is 21.3 Å². The molecule has 1 amide bonds. The van der Waals surface area contributed by atoms with E-state index in [1.807, 2.05) is 0 Å². The molecule has 0 unspecified atom stereocenters. The fourth-order valence-corrected chi connectivity index (χ4v) is 6.48.